The van der Waals surface area contributed by atoms with Crippen LogP contribution in [0.1, 0.15) is 37.1 Å². The summed E-state index contributed by atoms with van der Waals surface area (Å²) in [4.78, 5) is 13.1. The summed E-state index contributed by atoms with van der Waals surface area (Å²) in [5, 5.41) is 6.53. The number of morpholine rings is 1. The van der Waals surface area contributed by atoms with E-state index in [2.05, 4.69) is 15.2 Å². The largest absolute Gasteiger partial charge is 1.00 e. The van der Waals surface area contributed by atoms with Gasteiger partial charge in [-0.25, -0.2) is 16.8 Å². The zero-order valence-corrected chi connectivity index (χ0v) is 26.4. The van der Waals surface area contributed by atoms with Crippen LogP contribution in [0.3, 0.4) is 0 Å². The first kappa shape index (κ1) is 31.6. The molecule has 2 atom stereocenters. The van der Waals surface area contributed by atoms with Gasteiger partial charge in [0.1, 0.15) is 5.69 Å². The number of hydrogen-bond acceptors (Lipinski definition) is 8. The van der Waals surface area contributed by atoms with Crippen molar-refractivity contribution in [3.05, 3.63) is 64.5 Å². The van der Waals surface area contributed by atoms with E-state index in [4.69, 9.17) is 20.9 Å². The molecular formula is C24H28ClN4NaO7S2. The number of aromatic nitrogens is 1. The number of carbonyl (C=O) groups is 1. The molecule has 2 N–H and O–H groups in total. The molecule has 1 aliphatic heterocycles. The molecule has 0 bridgehead atoms. The SMILES string of the molecule is Cc1noc(C)c1S(=O)(=O)Nc1ccc(Cl)cc1C(=O)Nc1ccc(S(=O)(=O)N2CC(C)OC(C)C2)cc1.[H-].[Na+]. The predicted molar refractivity (Wildman–Crippen MR) is 143 cm³/mol. The van der Waals surface area contributed by atoms with Crippen molar-refractivity contribution >= 4 is 48.9 Å². The molecule has 4 rings (SSSR count). The Balaban J connectivity index is 0.00000280. The predicted octanol–water partition coefficient (Wildman–Crippen LogP) is 0.912. The zero-order valence-electron chi connectivity index (χ0n) is 23.1. The second-order valence-electron chi connectivity index (χ2n) is 9.01. The first-order valence-corrected chi connectivity index (χ1v) is 14.9. The Kier molecular flexibility index (Phi) is 9.93. The maximum absolute atomic E-state index is 13.1. The standard InChI is InChI=1S/C24H27ClN4O7S2.Na.H/c1-14-12-29(13-15(2)35-14)38(33,34)20-8-6-19(7-9-20)26-24(30)21-11-18(25)5-10-22(21)28-37(31,32)23-16(3)27-36-17(23)4;;/h5-11,14-15,28H,12-13H2,1-4H3,(H,26,30);;/q;+1;-1. The molecule has 1 saturated heterocycles. The first-order chi connectivity index (χ1) is 17.8. The Morgan fingerprint density at radius 1 is 1.05 bits per heavy atom. The summed E-state index contributed by atoms with van der Waals surface area (Å²) in [6.45, 7) is 7.07. The van der Waals surface area contributed by atoms with Crippen molar-refractivity contribution in [2.45, 2.75) is 49.7 Å². The van der Waals surface area contributed by atoms with Crippen molar-refractivity contribution in [3.63, 3.8) is 0 Å². The van der Waals surface area contributed by atoms with Gasteiger partial charge in [-0.1, -0.05) is 16.8 Å². The van der Waals surface area contributed by atoms with E-state index in [9.17, 15) is 21.6 Å². The maximum atomic E-state index is 13.1. The smallest absolute Gasteiger partial charge is 1.00 e. The molecule has 3 aromatic rings. The second-order valence-corrected chi connectivity index (χ2v) is 13.0. The molecule has 0 saturated carbocycles. The molecule has 0 radical (unpaired) electrons. The average molecular weight is 607 g/mol. The Bertz CT molecular complexity index is 1560. The van der Waals surface area contributed by atoms with Crippen LogP contribution < -0.4 is 39.6 Å². The third-order valence-corrected chi connectivity index (χ3v) is 9.53. The number of carbonyl (C=O) groups excluding carboxylic acids is 1. The van der Waals surface area contributed by atoms with Crippen molar-refractivity contribution in [3.8, 4) is 0 Å². The van der Waals surface area contributed by atoms with Crippen molar-refractivity contribution in [2.24, 2.45) is 0 Å². The minimum atomic E-state index is -4.12. The van der Waals surface area contributed by atoms with Gasteiger partial charge in [0.15, 0.2) is 10.7 Å². The van der Waals surface area contributed by atoms with Gasteiger partial charge in [0, 0.05) is 23.8 Å². The maximum Gasteiger partial charge on any atom is 1.00 e. The molecule has 2 heterocycles. The summed E-state index contributed by atoms with van der Waals surface area (Å²) in [6, 6.07) is 9.83. The van der Waals surface area contributed by atoms with Gasteiger partial charge in [-0.05, 0) is 70.2 Å². The molecular weight excluding hydrogens is 579 g/mol. The number of nitrogens with zero attached hydrogens (tertiary/aromatic N) is 2. The van der Waals surface area contributed by atoms with Crippen LogP contribution in [0.5, 0.6) is 0 Å². The van der Waals surface area contributed by atoms with Crippen molar-refractivity contribution < 1.29 is 61.9 Å². The molecule has 15 heteroatoms. The molecule has 1 amide bonds. The van der Waals surface area contributed by atoms with Crippen LogP contribution in [0.25, 0.3) is 0 Å². The molecule has 206 valence electrons. The number of aryl methyl sites for hydroxylation is 2. The molecule has 2 aromatic carbocycles. The van der Waals surface area contributed by atoms with E-state index >= 15 is 0 Å². The molecule has 11 nitrogen and oxygen atoms in total. The van der Waals surface area contributed by atoms with E-state index in [1.54, 1.807) is 0 Å². The van der Waals surface area contributed by atoms with Gasteiger partial charge in [-0.2, -0.15) is 4.31 Å². The normalized spacial score (nSPS) is 18.3. The molecule has 1 fully saturated rings. The fraction of sp³-hybridized carbons (Fsp3) is 0.333. The van der Waals surface area contributed by atoms with Crippen LogP contribution in [0.2, 0.25) is 5.02 Å². The third kappa shape index (κ3) is 7.03. The van der Waals surface area contributed by atoms with Gasteiger partial charge in [0.25, 0.3) is 15.9 Å². The number of benzene rings is 2. The molecule has 1 aromatic heterocycles. The van der Waals surface area contributed by atoms with Crippen LogP contribution in [-0.2, 0) is 24.8 Å². The minimum Gasteiger partial charge on any atom is -1.00 e. The number of anilines is 2. The summed E-state index contributed by atoms with van der Waals surface area (Å²) >= 11 is 6.09. The van der Waals surface area contributed by atoms with Crippen molar-refractivity contribution in [1.29, 1.82) is 0 Å². The van der Waals surface area contributed by atoms with Gasteiger partial charge in [0.05, 0.1) is 28.4 Å². The summed E-state index contributed by atoms with van der Waals surface area (Å²) in [6.07, 6.45) is -0.456. The van der Waals surface area contributed by atoms with Crippen LogP contribution in [0.4, 0.5) is 11.4 Å². The number of sulfonamides is 2. The van der Waals surface area contributed by atoms with E-state index in [1.807, 2.05) is 13.8 Å². The van der Waals surface area contributed by atoms with Crippen LogP contribution in [0, 0.1) is 13.8 Å². The van der Waals surface area contributed by atoms with Crippen LogP contribution in [-0.4, -0.2) is 57.5 Å². The summed E-state index contributed by atoms with van der Waals surface area (Å²) in [5.41, 5.74) is 0.422. The van der Waals surface area contributed by atoms with Crippen molar-refractivity contribution in [1.82, 2.24) is 9.46 Å². The third-order valence-electron chi connectivity index (χ3n) is 5.84. The van der Waals surface area contributed by atoms with E-state index < -0.39 is 26.0 Å². The quantitative estimate of drug-likeness (QED) is 0.377. The first-order valence-electron chi connectivity index (χ1n) is 11.6. The van der Waals surface area contributed by atoms with Gasteiger partial charge < -0.3 is 16.0 Å². The fourth-order valence-electron chi connectivity index (χ4n) is 4.23. The Morgan fingerprint density at radius 3 is 2.23 bits per heavy atom. The topological polar surface area (TPSA) is 148 Å². The van der Waals surface area contributed by atoms with Gasteiger partial charge in [-0.3, -0.25) is 9.52 Å². The number of hydrogen-bond donors (Lipinski definition) is 2. The van der Waals surface area contributed by atoms with E-state index in [1.165, 1.54) is 60.6 Å². The van der Waals surface area contributed by atoms with Crippen LogP contribution >= 0.6 is 11.6 Å². The summed E-state index contributed by atoms with van der Waals surface area (Å²) in [7, 11) is -7.88. The Labute approximate surface area is 256 Å². The van der Waals surface area contributed by atoms with Gasteiger partial charge >= 0.3 is 29.6 Å². The molecule has 39 heavy (non-hydrogen) atoms. The van der Waals surface area contributed by atoms with Gasteiger partial charge in [0.2, 0.25) is 10.0 Å². The Hall–Kier alpha value is -1.97. The summed E-state index contributed by atoms with van der Waals surface area (Å²) < 4.78 is 66.5. The van der Waals surface area contributed by atoms with Crippen LogP contribution in [0.15, 0.2) is 56.8 Å². The number of amides is 1. The minimum absolute atomic E-state index is 0. The Morgan fingerprint density at radius 2 is 1.67 bits per heavy atom. The van der Waals surface area contributed by atoms with E-state index in [-0.39, 0.29) is 93.8 Å². The number of rotatable bonds is 7. The second kappa shape index (κ2) is 12.3. The fourth-order valence-corrected chi connectivity index (χ4v) is 7.41. The van der Waals surface area contributed by atoms with Gasteiger partial charge in [-0.15, -0.1) is 0 Å². The average Bonchev–Trinajstić information content (AvgIpc) is 3.18. The number of nitrogens with one attached hydrogen (secondary N) is 2. The van der Waals surface area contributed by atoms with E-state index in [0.29, 0.717) is 5.69 Å². The monoisotopic (exact) mass is 606 g/mol. The zero-order chi connectivity index (χ0) is 27.8. The summed E-state index contributed by atoms with van der Waals surface area (Å²) in [5.74, 6) is -0.554. The molecule has 0 spiro atoms. The number of halogens is 1. The van der Waals surface area contributed by atoms with E-state index in [0.717, 1.165) is 0 Å². The molecule has 0 aliphatic carbocycles. The van der Waals surface area contributed by atoms with Crippen molar-refractivity contribution in [2.75, 3.05) is 23.1 Å². The molecule has 1 aliphatic rings. The molecule has 2 unspecified atom stereocenters. The number of ether oxygens (including phenoxy) is 1.